The third kappa shape index (κ3) is 7.97. The van der Waals surface area contributed by atoms with Crippen LogP contribution in [0.2, 0.25) is 0 Å². The Bertz CT molecular complexity index is 1920. The minimum atomic E-state index is -4.12. The molecule has 3 aliphatic heterocycles. The number of aromatic amines is 1. The number of carbonyl (C=O) groups is 1. The number of benzene rings is 1. The summed E-state index contributed by atoms with van der Waals surface area (Å²) in [5.41, 5.74) is 3.47. The van der Waals surface area contributed by atoms with Crippen molar-refractivity contribution in [2.75, 3.05) is 37.3 Å². The summed E-state index contributed by atoms with van der Waals surface area (Å²) < 4.78 is 58.2. The molecule has 10 nitrogen and oxygen atoms in total. The van der Waals surface area contributed by atoms with Crippen LogP contribution < -0.4 is 25.2 Å². The zero-order chi connectivity index (χ0) is 38.5. The van der Waals surface area contributed by atoms with E-state index in [4.69, 9.17) is 19.2 Å². The summed E-state index contributed by atoms with van der Waals surface area (Å²) in [6, 6.07) is 7.93. The van der Waals surface area contributed by atoms with E-state index in [9.17, 15) is 22.8 Å². The van der Waals surface area contributed by atoms with Gasteiger partial charge >= 0.3 is 6.18 Å². The van der Waals surface area contributed by atoms with E-state index in [1.165, 1.54) is 11.8 Å². The first-order chi connectivity index (χ1) is 25.6. The second kappa shape index (κ2) is 15.1. The molecule has 5 heterocycles. The predicted octanol–water partition coefficient (Wildman–Crippen LogP) is 7.25. The average Bonchev–Trinajstić information content (AvgIpc) is 3.47. The number of nitrogens with zero attached hydrogens (tertiary/aromatic N) is 3. The average molecular weight is 770 g/mol. The Morgan fingerprint density at radius 2 is 1.72 bits per heavy atom. The van der Waals surface area contributed by atoms with Crippen LogP contribution in [0.3, 0.4) is 0 Å². The largest absolute Gasteiger partial charge is 0.448 e. The number of pyridine rings is 2. The number of carbonyl (C=O) groups excluding carboxylic acids is 1. The second-order valence-corrected chi connectivity index (χ2v) is 16.5. The molecule has 1 aromatic carbocycles. The van der Waals surface area contributed by atoms with Gasteiger partial charge in [-0.05, 0) is 89.8 Å². The molecule has 7 rings (SSSR count). The van der Waals surface area contributed by atoms with Gasteiger partial charge in [0.2, 0.25) is 0 Å². The van der Waals surface area contributed by atoms with Gasteiger partial charge in [0.25, 0.3) is 17.3 Å². The van der Waals surface area contributed by atoms with Crippen LogP contribution in [0.1, 0.15) is 80.1 Å². The molecular formula is C40H50F3N5O5S. The van der Waals surface area contributed by atoms with Crippen molar-refractivity contribution >= 4 is 23.5 Å². The molecule has 54 heavy (non-hydrogen) atoms. The zero-order valence-electron chi connectivity index (χ0n) is 31.8. The molecule has 2 N–H and O–H groups in total. The standard InChI is InChI=1S/C40H50F3N5O5S/c1-22-13-33(54-6)32(38(50)46-22)17-45-37(49)30-14-31(27-7-12-34(44-16-27)48-18-23(2)51-24(3)19-48)36-35(25(30)4)52-39(5,53-36)28-8-10-29(11-9-28)47-20-26(21-47)15-40(41,42)43/h7,12-14,16,23-24,26,28-29H,8-11,15,17-21H2,1-6H3,(H,45,49)(H,46,50)/t23-,24+,28?,29?,39?. The van der Waals surface area contributed by atoms with Crippen molar-refractivity contribution in [2.45, 2.75) is 108 Å². The van der Waals surface area contributed by atoms with Crippen LogP contribution in [-0.2, 0) is 11.3 Å². The number of fused-ring (bicyclic) bond motifs is 1. The summed E-state index contributed by atoms with van der Waals surface area (Å²) in [7, 11) is 0. The van der Waals surface area contributed by atoms with Crippen LogP contribution in [0.5, 0.6) is 11.5 Å². The number of likely N-dealkylation sites (tertiary alicyclic amines) is 1. The maximum Gasteiger partial charge on any atom is 0.389 e. The summed E-state index contributed by atoms with van der Waals surface area (Å²) >= 11 is 1.45. The monoisotopic (exact) mass is 769 g/mol. The van der Waals surface area contributed by atoms with Crippen molar-refractivity contribution in [3.05, 3.63) is 63.2 Å². The van der Waals surface area contributed by atoms with Gasteiger partial charge in [-0.25, -0.2) is 4.98 Å². The number of amides is 1. The Morgan fingerprint density at radius 1 is 1.04 bits per heavy atom. The highest BCUT2D eigenvalue weighted by Gasteiger charge is 2.49. The Balaban J connectivity index is 1.14. The van der Waals surface area contributed by atoms with Gasteiger partial charge < -0.3 is 29.4 Å². The van der Waals surface area contributed by atoms with Crippen LogP contribution in [0.25, 0.3) is 11.1 Å². The number of nitrogens with one attached hydrogen (secondary N) is 2. The molecule has 1 saturated carbocycles. The van der Waals surface area contributed by atoms with Gasteiger partial charge in [0, 0.05) is 103 Å². The quantitative estimate of drug-likeness (QED) is 0.218. The van der Waals surface area contributed by atoms with Crippen molar-refractivity contribution in [3.63, 3.8) is 0 Å². The minimum Gasteiger partial charge on any atom is -0.448 e. The smallest absolute Gasteiger partial charge is 0.389 e. The number of aromatic nitrogens is 2. The Morgan fingerprint density at radius 3 is 2.35 bits per heavy atom. The lowest BCUT2D eigenvalue weighted by atomic mass is 9.79. The SMILES string of the molecule is CSc1cc(C)[nH]c(=O)c1CNC(=O)c1cc(-c2ccc(N3C[C@@H](C)O[C@@H](C)C3)nc2)c2c(c1C)OC(C)(C1CCC(N3CC(CC(F)(F)F)C3)CC1)O2. The normalized spacial score (nSPS) is 26.1. The Hall–Kier alpha value is -3.75. The minimum absolute atomic E-state index is 0.0296. The van der Waals surface area contributed by atoms with Crippen molar-refractivity contribution in [3.8, 4) is 22.6 Å². The highest BCUT2D eigenvalue weighted by molar-refractivity contribution is 7.98. The van der Waals surface area contributed by atoms with E-state index in [1.54, 1.807) is 6.20 Å². The molecule has 4 aliphatic rings. The molecule has 1 aliphatic carbocycles. The predicted molar refractivity (Wildman–Crippen MR) is 203 cm³/mol. The third-order valence-corrected chi connectivity index (χ3v) is 12.3. The van der Waals surface area contributed by atoms with Crippen LogP contribution in [0.15, 0.2) is 40.2 Å². The number of aryl methyl sites for hydroxylation is 1. The molecule has 3 fully saturated rings. The summed E-state index contributed by atoms with van der Waals surface area (Å²) in [5, 5.41) is 2.98. The van der Waals surface area contributed by atoms with E-state index in [2.05, 4.69) is 33.9 Å². The summed E-state index contributed by atoms with van der Waals surface area (Å²) in [5.74, 6) is 0.236. The molecular weight excluding hydrogens is 720 g/mol. The summed E-state index contributed by atoms with van der Waals surface area (Å²) in [6.45, 7) is 12.2. The summed E-state index contributed by atoms with van der Waals surface area (Å²) in [6.07, 6.45) is 2.31. The number of H-pyrrole nitrogens is 1. The number of alkyl halides is 3. The van der Waals surface area contributed by atoms with E-state index in [-0.39, 0.29) is 48.1 Å². The highest BCUT2D eigenvalue weighted by atomic mass is 32.2. The van der Waals surface area contributed by atoms with Crippen LogP contribution in [-0.4, -0.2) is 83.4 Å². The molecule has 2 saturated heterocycles. The molecule has 3 aromatic rings. The van der Waals surface area contributed by atoms with Crippen molar-refractivity contribution in [1.82, 2.24) is 20.2 Å². The molecule has 0 radical (unpaired) electrons. The van der Waals surface area contributed by atoms with Crippen molar-refractivity contribution < 1.29 is 32.2 Å². The third-order valence-electron chi connectivity index (χ3n) is 11.5. The first kappa shape index (κ1) is 38.5. The van der Waals surface area contributed by atoms with Gasteiger partial charge in [0.1, 0.15) is 5.82 Å². The maximum atomic E-state index is 14.0. The molecule has 3 atom stereocenters. The number of thioether (sulfide) groups is 1. The highest BCUT2D eigenvalue weighted by Crippen LogP contribution is 2.53. The van der Waals surface area contributed by atoms with E-state index in [0.717, 1.165) is 60.7 Å². The molecule has 1 unspecified atom stereocenters. The van der Waals surface area contributed by atoms with E-state index in [1.807, 2.05) is 51.3 Å². The van der Waals surface area contributed by atoms with E-state index in [0.29, 0.717) is 46.8 Å². The Labute approximate surface area is 318 Å². The Kier molecular flexibility index (Phi) is 10.7. The molecule has 1 amide bonds. The fourth-order valence-corrected chi connectivity index (χ4v) is 9.43. The van der Waals surface area contributed by atoms with Crippen LogP contribution in [0, 0.1) is 25.7 Å². The number of rotatable bonds is 9. The molecule has 0 bridgehead atoms. The van der Waals surface area contributed by atoms with Gasteiger partial charge in [0.05, 0.1) is 12.2 Å². The van der Waals surface area contributed by atoms with E-state index < -0.39 is 18.4 Å². The fraction of sp³-hybridized carbons (Fsp3) is 0.575. The molecule has 0 spiro atoms. The zero-order valence-corrected chi connectivity index (χ0v) is 32.6. The van der Waals surface area contributed by atoms with Gasteiger partial charge in [0.15, 0.2) is 11.5 Å². The topological polar surface area (TPSA) is 109 Å². The lowest BCUT2D eigenvalue weighted by molar-refractivity contribution is -0.161. The number of halogens is 3. The number of hydrogen-bond acceptors (Lipinski definition) is 9. The fourth-order valence-electron chi connectivity index (χ4n) is 8.73. The first-order valence-electron chi connectivity index (χ1n) is 18.9. The number of hydrogen-bond donors (Lipinski definition) is 2. The first-order valence-corrected chi connectivity index (χ1v) is 20.1. The maximum absolute atomic E-state index is 14.0. The van der Waals surface area contributed by atoms with Gasteiger partial charge in [-0.15, -0.1) is 11.8 Å². The lowest BCUT2D eigenvalue weighted by Gasteiger charge is -2.48. The van der Waals surface area contributed by atoms with Gasteiger partial charge in [-0.2, -0.15) is 13.2 Å². The van der Waals surface area contributed by atoms with Crippen molar-refractivity contribution in [1.29, 1.82) is 0 Å². The number of morpholine rings is 1. The summed E-state index contributed by atoms with van der Waals surface area (Å²) in [4.78, 5) is 39.7. The van der Waals surface area contributed by atoms with Crippen molar-refractivity contribution in [2.24, 2.45) is 11.8 Å². The second-order valence-electron chi connectivity index (χ2n) is 15.7. The molecule has 14 heteroatoms. The molecule has 2 aromatic heterocycles. The van der Waals surface area contributed by atoms with Crippen LogP contribution in [0.4, 0.5) is 19.0 Å². The van der Waals surface area contributed by atoms with Gasteiger partial charge in [-0.3, -0.25) is 14.5 Å². The van der Waals surface area contributed by atoms with E-state index >= 15 is 0 Å². The lowest BCUT2D eigenvalue weighted by Crippen LogP contribution is -2.55. The van der Waals surface area contributed by atoms with Gasteiger partial charge in [-0.1, -0.05) is 0 Å². The number of anilines is 1. The van der Waals surface area contributed by atoms with Crippen LogP contribution >= 0.6 is 11.8 Å². The number of ether oxygens (including phenoxy) is 3. The molecule has 292 valence electrons.